The SMILES string of the molecule is O=C(c1ccc(Nc2ccnc3cc(C(F)(F)F)ccc23)cc1)N1CC=C(c2ccc(F)cc2)CC1. The Bertz CT molecular complexity index is 1440. The van der Waals surface area contributed by atoms with Crippen molar-refractivity contribution in [3.8, 4) is 0 Å². The Morgan fingerprint density at radius 2 is 1.69 bits per heavy atom. The van der Waals surface area contributed by atoms with Crippen molar-refractivity contribution in [3.63, 3.8) is 0 Å². The quantitative estimate of drug-likeness (QED) is 0.311. The molecule has 0 saturated carbocycles. The normalized spacial score (nSPS) is 14.0. The van der Waals surface area contributed by atoms with Gasteiger partial charge in [-0.1, -0.05) is 24.3 Å². The van der Waals surface area contributed by atoms with Gasteiger partial charge in [-0.25, -0.2) is 4.39 Å². The van der Waals surface area contributed by atoms with Crippen LogP contribution in [0, 0.1) is 5.82 Å². The fraction of sp³-hybridized carbons (Fsp3) is 0.143. The van der Waals surface area contributed by atoms with Gasteiger partial charge in [-0.3, -0.25) is 9.78 Å². The van der Waals surface area contributed by atoms with Gasteiger partial charge in [-0.2, -0.15) is 13.2 Å². The van der Waals surface area contributed by atoms with Crippen LogP contribution in [0.15, 0.2) is 85.1 Å². The summed E-state index contributed by atoms with van der Waals surface area (Å²) in [5.41, 5.74) is 3.37. The molecule has 182 valence electrons. The maximum Gasteiger partial charge on any atom is 0.416 e. The van der Waals surface area contributed by atoms with E-state index in [1.54, 1.807) is 47.4 Å². The molecule has 1 N–H and O–H groups in total. The molecule has 0 aliphatic carbocycles. The lowest BCUT2D eigenvalue weighted by Gasteiger charge is -2.27. The van der Waals surface area contributed by atoms with Crippen molar-refractivity contribution in [2.75, 3.05) is 18.4 Å². The van der Waals surface area contributed by atoms with Gasteiger partial charge in [0, 0.05) is 41.6 Å². The smallest absolute Gasteiger partial charge is 0.355 e. The molecule has 1 amide bonds. The summed E-state index contributed by atoms with van der Waals surface area (Å²) in [7, 11) is 0. The van der Waals surface area contributed by atoms with E-state index in [2.05, 4.69) is 10.3 Å². The Kier molecular flexibility index (Phi) is 6.18. The van der Waals surface area contributed by atoms with E-state index in [-0.39, 0.29) is 17.2 Å². The third kappa shape index (κ3) is 4.93. The highest BCUT2D eigenvalue weighted by Crippen LogP contribution is 2.33. The number of hydrogen-bond donors (Lipinski definition) is 1. The molecule has 0 saturated heterocycles. The molecule has 0 radical (unpaired) electrons. The minimum Gasteiger partial charge on any atom is -0.355 e. The van der Waals surface area contributed by atoms with Gasteiger partial charge in [-0.15, -0.1) is 0 Å². The molecule has 5 rings (SSSR count). The first kappa shape index (κ1) is 23.5. The third-order valence-corrected chi connectivity index (χ3v) is 6.19. The number of pyridine rings is 1. The maximum absolute atomic E-state index is 13.2. The molecule has 3 aromatic carbocycles. The van der Waals surface area contributed by atoms with Crippen LogP contribution in [-0.2, 0) is 6.18 Å². The van der Waals surface area contributed by atoms with Crippen LogP contribution >= 0.6 is 0 Å². The van der Waals surface area contributed by atoms with Gasteiger partial charge in [0.05, 0.1) is 11.1 Å². The minimum atomic E-state index is -4.44. The van der Waals surface area contributed by atoms with Crippen LogP contribution in [-0.4, -0.2) is 28.9 Å². The number of amides is 1. The second-order valence-corrected chi connectivity index (χ2v) is 8.53. The number of benzene rings is 3. The standard InChI is InChI=1S/C28H21F4N3O/c29-22-6-1-18(2-7-22)19-12-15-35(16-13-19)27(36)20-3-8-23(9-4-20)34-25-11-14-33-26-17-21(28(30,31)32)5-10-24(25)26/h1-12,14,17H,13,15-16H2,(H,33,34). The van der Waals surface area contributed by atoms with E-state index in [9.17, 15) is 22.4 Å². The largest absolute Gasteiger partial charge is 0.416 e. The van der Waals surface area contributed by atoms with Crippen LogP contribution < -0.4 is 5.32 Å². The Balaban J connectivity index is 1.28. The highest BCUT2D eigenvalue weighted by atomic mass is 19.4. The average Bonchev–Trinajstić information content (AvgIpc) is 2.89. The molecular formula is C28H21F4N3O. The number of aromatic nitrogens is 1. The van der Waals surface area contributed by atoms with Crippen LogP contribution in [0.1, 0.15) is 27.9 Å². The molecule has 4 aromatic rings. The number of carbonyl (C=O) groups is 1. The van der Waals surface area contributed by atoms with Crippen LogP contribution in [0.2, 0.25) is 0 Å². The number of anilines is 2. The van der Waals surface area contributed by atoms with Gasteiger partial charge in [0.15, 0.2) is 0 Å². The summed E-state index contributed by atoms with van der Waals surface area (Å²) in [6.45, 7) is 1.03. The number of carbonyl (C=O) groups excluding carboxylic acids is 1. The highest BCUT2D eigenvalue weighted by Gasteiger charge is 2.30. The van der Waals surface area contributed by atoms with Crippen molar-refractivity contribution in [2.45, 2.75) is 12.6 Å². The molecule has 1 aliphatic heterocycles. The van der Waals surface area contributed by atoms with Crippen molar-refractivity contribution in [3.05, 3.63) is 108 Å². The Morgan fingerprint density at radius 3 is 2.36 bits per heavy atom. The molecule has 2 heterocycles. The van der Waals surface area contributed by atoms with E-state index in [1.807, 2.05) is 6.08 Å². The third-order valence-electron chi connectivity index (χ3n) is 6.19. The fourth-order valence-electron chi connectivity index (χ4n) is 4.25. The van der Waals surface area contributed by atoms with E-state index < -0.39 is 11.7 Å². The van der Waals surface area contributed by atoms with Crippen LogP contribution in [0.25, 0.3) is 16.5 Å². The van der Waals surface area contributed by atoms with Crippen LogP contribution in [0.4, 0.5) is 28.9 Å². The number of alkyl halides is 3. The molecule has 1 aromatic heterocycles. The monoisotopic (exact) mass is 491 g/mol. The molecule has 0 spiro atoms. The van der Waals surface area contributed by atoms with Crippen LogP contribution in [0.5, 0.6) is 0 Å². The predicted octanol–water partition coefficient (Wildman–Crippen LogP) is 7.07. The zero-order valence-electron chi connectivity index (χ0n) is 19.0. The molecular weight excluding hydrogens is 470 g/mol. The number of nitrogens with zero attached hydrogens (tertiary/aromatic N) is 2. The van der Waals surface area contributed by atoms with Crippen molar-refractivity contribution in [2.24, 2.45) is 0 Å². The van der Waals surface area contributed by atoms with Gasteiger partial charge in [0.25, 0.3) is 5.91 Å². The summed E-state index contributed by atoms with van der Waals surface area (Å²) in [5.74, 6) is -0.373. The van der Waals surface area contributed by atoms with Crippen molar-refractivity contribution in [1.82, 2.24) is 9.88 Å². The first-order chi connectivity index (χ1) is 17.3. The molecule has 8 heteroatoms. The first-order valence-corrected chi connectivity index (χ1v) is 11.4. The number of halogens is 4. The average molecular weight is 491 g/mol. The summed E-state index contributed by atoms with van der Waals surface area (Å²) in [6.07, 6.45) is -0.313. The van der Waals surface area contributed by atoms with Crippen LogP contribution in [0.3, 0.4) is 0 Å². The van der Waals surface area contributed by atoms with Gasteiger partial charge < -0.3 is 10.2 Å². The minimum absolute atomic E-state index is 0.0926. The second kappa shape index (κ2) is 9.45. The van der Waals surface area contributed by atoms with E-state index in [1.165, 1.54) is 24.4 Å². The van der Waals surface area contributed by atoms with E-state index in [0.717, 1.165) is 23.3 Å². The number of nitrogens with one attached hydrogen (secondary N) is 1. The number of rotatable bonds is 4. The molecule has 0 bridgehead atoms. The van der Waals surface area contributed by atoms with Crippen molar-refractivity contribution < 1.29 is 22.4 Å². The summed E-state index contributed by atoms with van der Waals surface area (Å²) in [6, 6.07) is 18.4. The first-order valence-electron chi connectivity index (χ1n) is 11.4. The summed E-state index contributed by atoms with van der Waals surface area (Å²) < 4.78 is 52.2. The summed E-state index contributed by atoms with van der Waals surface area (Å²) in [5, 5.41) is 3.75. The zero-order chi connectivity index (χ0) is 25.3. The molecule has 36 heavy (non-hydrogen) atoms. The predicted molar refractivity (Wildman–Crippen MR) is 131 cm³/mol. The molecule has 0 unspecified atom stereocenters. The Hall–Kier alpha value is -4.20. The maximum atomic E-state index is 13.2. The lowest BCUT2D eigenvalue weighted by atomic mass is 9.99. The topological polar surface area (TPSA) is 45.2 Å². The zero-order valence-corrected chi connectivity index (χ0v) is 19.0. The van der Waals surface area contributed by atoms with E-state index in [0.29, 0.717) is 41.8 Å². The second-order valence-electron chi connectivity index (χ2n) is 8.53. The lowest BCUT2D eigenvalue weighted by molar-refractivity contribution is -0.137. The molecule has 0 atom stereocenters. The van der Waals surface area contributed by atoms with Gasteiger partial charge in [0.2, 0.25) is 0 Å². The highest BCUT2D eigenvalue weighted by molar-refractivity contribution is 5.96. The molecule has 1 aliphatic rings. The van der Waals surface area contributed by atoms with E-state index >= 15 is 0 Å². The van der Waals surface area contributed by atoms with Gasteiger partial charge in [0.1, 0.15) is 5.82 Å². The Morgan fingerprint density at radius 1 is 0.944 bits per heavy atom. The van der Waals surface area contributed by atoms with Crippen molar-refractivity contribution in [1.29, 1.82) is 0 Å². The van der Waals surface area contributed by atoms with Gasteiger partial charge in [-0.05, 0) is 72.2 Å². The van der Waals surface area contributed by atoms with E-state index in [4.69, 9.17) is 0 Å². The Labute approximate surface area is 204 Å². The van der Waals surface area contributed by atoms with Gasteiger partial charge >= 0.3 is 6.18 Å². The number of fused-ring (bicyclic) bond motifs is 1. The number of hydrogen-bond acceptors (Lipinski definition) is 3. The van der Waals surface area contributed by atoms with Crippen molar-refractivity contribution >= 4 is 33.8 Å². The fourth-order valence-corrected chi connectivity index (χ4v) is 4.25. The molecule has 4 nitrogen and oxygen atoms in total. The summed E-state index contributed by atoms with van der Waals surface area (Å²) in [4.78, 5) is 18.8. The summed E-state index contributed by atoms with van der Waals surface area (Å²) >= 11 is 0. The molecule has 0 fully saturated rings. The lowest BCUT2D eigenvalue weighted by Crippen LogP contribution is -2.34.